The van der Waals surface area contributed by atoms with E-state index in [1.165, 1.54) is 25.8 Å². The van der Waals surface area contributed by atoms with E-state index in [-0.39, 0.29) is 0 Å². The second kappa shape index (κ2) is 6.12. The molecular formula is C14H23N3. The number of hydrogen-bond acceptors (Lipinski definition) is 3. The van der Waals surface area contributed by atoms with Gasteiger partial charge in [0.25, 0.3) is 0 Å². The maximum atomic E-state index is 4.39. The first-order valence-corrected chi connectivity index (χ1v) is 6.62. The summed E-state index contributed by atoms with van der Waals surface area (Å²) in [4.78, 5) is 6.86. The first-order valence-electron chi connectivity index (χ1n) is 6.62. The Kier molecular flexibility index (Phi) is 4.51. The van der Waals surface area contributed by atoms with Gasteiger partial charge in [0.1, 0.15) is 0 Å². The highest BCUT2D eigenvalue weighted by Crippen LogP contribution is 2.15. The fourth-order valence-corrected chi connectivity index (χ4v) is 2.45. The fourth-order valence-electron chi connectivity index (χ4n) is 2.45. The summed E-state index contributed by atoms with van der Waals surface area (Å²) in [5, 5.41) is 3.59. The highest BCUT2D eigenvalue weighted by Gasteiger charge is 2.19. The van der Waals surface area contributed by atoms with Crippen molar-refractivity contribution in [3.8, 4) is 0 Å². The van der Waals surface area contributed by atoms with E-state index in [1.54, 1.807) is 0 Å². The van der Waals surface area contributed by atoms with E-state index in [4.69, 9.17) is 0 Å². The molecule has 1 aliphatic rings. The molecule has 2 rings (SSSR count). The normalized spacial score (nSPS) is 23.5. The average molecular weight is 233 g/mol. The van der Waals surface area contributed by atoms with Crippen molar-refractivity contribution >= 4 is 0 Å². The third kappa shape index (κ3) is 3.51. The third-order valence-corrected chi connectivity index (χ3v) is 3.71. The number of likely N-dealkylation sites (N-methyl/N-ethyl adjacent to an activating group) is 1. The average Bonchev–Trinajstić information content (AvgIpc) is 2.38. The summed E-state index contributed by atoms with van der Waals surface area (Å²) in [6.07, 6.45) is 5.90. The van der Waals surface area contributed by atoms with Gasteiger partial charge in [-0.2, -0.15) is 0 Å². The number of rotatable bonds is 4. The predicted octanol–water partition coefficient (Wildman–Crippen LogP) is 2.22. The van der Waals surface area contributed by atoms with Gasteiger partial charge in [-0.05, 0) is 45.5 Å². The molecule has 17 heavy (non-hydrogen) atoms. The number of piperidine rings is 1. The molecule has 1 aliphatic heterocycles. The molecule has 0 aromatic carbocycles. The van der Waals surface area contributed by atoms with Crippen LogP contribution in [0.1, 0.15) is 37.9 Å². The van der Waals surface area contributed by atoms with Gasteiger partial charge in [-0.1, -0.05) is 12.5 Å². The van der Waals surface area contributed by atoms with E-state index in [2.05, 4.69) is 35.2 Å². The highest BCUT2D eigenvalue weighted by molar-refractivity contribution is 5.07. The van der Waals surface area contributed by atoms with Crippen molar-refractivity contribution in [2.45, 2.75) is 38.3 Å². The molecule has 3 nitrogen and oxygen atoms in total. The van der Waals surface area contributed by atoms with E-state index in [0.717, 1.165) is 12.2 Å². The van der Waals surface area contributed by atoms with Crippen molar-refractivity contribution in [2.24, 2.45) is 0 Å². The maximum absolute atomic E-state index is 4.39. The monoisotopic (exact) mass is 233 g/mol. The Morgan fingerprint density at radius 3 is 3.06 bits per heavy atom. The second-order valence-corrected chi connectivity index (χ2v) is 5.01. The molecule has 2 atom stereocenters. The number of nitrogens with zero attached hydrogens (tertiary/aromatic N) is 2. The quantitative estimate of drug-likeness (QED) is 0.864. The van der Waals surface area contributed by atoms with Gasteiger partial charge in [0, 0.05) is 24.8 Å². The number of aromatic nitrogens is 1. The van der Waals surface area contributed by atoms with Crippen LogP contribution in [0.15, 0.2) is 24.4 Å². The molecular weight excluding hydrogens is 210 g/mol. The number of nitrogens with one attached hydrogen (secondary N) is 1. The largest absolute Gasteiger partial charge is 0.307 e. The maximum Gasteiger partial charge on any atom is 0.0570 e. The summed E-state index contributed by atoms with van der Waals surface area (Å²) in [7, 11) is 2.23. The Bertz CT molecular complexity index is 325. The number of hydrogen-bond donors (Lipinski definition) is 1. The molecule has 1 saturated heterocycles. The summed E-state index contributed by atoms with van der Waals surface area (Å²) < 4.78 is 0. The van der Waals surface area contributed by atoms with Crippen LogP contribution in [0.2, 0.25) is 0 Å². The topological polar surface area (TPSA) is 28.2 Å². The summed E-state index contributed by atoms with van der Waals surface area (Å²) in [6.45, 7) is 4.49. The van der Waals surface area contributed by atoms with Gasteiger partial charge in [-0.15, -0.1) is 0 Å². The molecule has 2 heterocycles. The summed E-state index contributed by atoms with van der Waals surface area (Å²) in [5.74, 6) is 0. The second-order valence-electron chi connectivity index (χ2n) is 5.01. The SMILES string of the molecule is CC(NCC1CCCCN1C)c1ccccn1. The van der Waals surface area contributed by atoms with Crippen molar-refractivity contribution < 1.29 is 0 Å². The zero-order valence-corrected chi connectivity index (χ0v) is 10.9. The van der Waals surface area contributed by atoms with Gasteiger partial charge >= 0.3 is 0 Å². The molecule has 3 heteroatoms. The minimum absolute atomic E-state index is 0.339. The van der Waals surface area contributed by atoms with Crippen LogP contribution in [-0.4, -0.2) is 36.1 Å². The zero-order chi connectivity index (χ0) is 12.1. The van der Waals surface area contributed by atoms with Crippen LogP contribution < -0.4 is 5.32 Å². The van der Waals surface area contributed by atoms with Crippen LogP contribution in [-0.2, 0) is 0 Å². The fraction of sp³-hybridized carbons (Fsp3) is 0.643. The van der Waals surface area contributed by atoms with Crippen molar-refractivity contribution in [1.82, 2.24) is 15.2 Å². The molecule has 1 fully saturated rings. The Balaban J connectivity index is 1.81. The van der Waals surface area contributed by atoms with Gasteiger partial charge in [0.05, 0.1) is 5.69 Å². The Labute approximate surface area is 104 Å². The minimum Gasteiger partial charge on any atom is -0.307 e. The molecule has 1 aromatic heterocycles. The number of likely N-dealkylation sites (tertiary alicyclic amines) is 1. The lowest BCUT2D eigenvalue weighted by Crippen LogP contribution is -2.43. The van der Waals surface area contributed by atoms with Gasteiger partial charge in [-0.3, -0.25) is 4.98 Å². The summed E-state index contributed by atoms with van der Waals surface area (Å²) in [5.41, 5.74) is 1.13. The standard InChI is InChI=1S/C14H23N3/c1-12(14-8-3-5-9-15-14)16-11-13-7-4-6-10-17(13)2/h3,5,8-9,12-13,16H,4,6-7,10-11H2,1-2H3. The van der Waals surface area contributed by atoms with E-state index in [0.29, 0.717) is 12.1 Å². The van der Waals surface area contributed by atoms with E-state index < -0.39 is 0 Å². The predicted molar refractivity (Wildman–Crippen MR) is 70.9 cm³/mol. The molecule has 0 aliphatic carbocycles. The first kappa shape index (κ1) is 12.5. The van der Waals surface area contributed by atoms with Crippen molar-refractivity contribution in [3.05, 3.63) is 30.1 Å². The molecule has 0 amide bonds. The lowest BCUT2D eigenvalue weighted by molar-refractivity contribution is 0.178. The zero-order valence-electron chi connectivity index (χ0n) is 10.9. The summed E-state index contributed by atoms with van der Waals surface area (Å²) >= 11 is 0. The Hall–Kier alpha value is -0.930. The molecule has 94 valence electrons. The third-order valence-electron chi connectivity index (χ3n) is 3.71. The van der Waals surface area contributed by atoms with E-state index >= 15 is 0 Å². The lowest BCUT2D eigenvalue weighted by atomic mass is 10.0. The van der Waals surface area contributed by atoms with Gasteiger partial charge in [0.15, 0.2) is 0 Å². The van der Waals surface area contributed by atoms with E-state index in [9.17, 15) is 0 Å². The van der Waals surface area contributed by atoms with Crippen LogP contribution in [0, 0.1) is 0 Å². The molecule has 0 spiro atoms. The van der Waals surface area contributed by atoms with E-state index in [1.807, 2.05) is 18.3 Å². The van der Waals surface area contributed by atoms with Gasteiger partial charge < -0.3 is 10.2 Å². The molecule has 0 radical (unpaired) electrons. The molecule has 0 bridgehead atoms. The Morgan fingerprint density at radius 2 is 2.35 bits per heavy atom. The minimum atomic E-state index is 0.339. The van der Waals surface area contributed by atoms with Crippen molar-refractivity contribution in [2.75, 3.05) is 20.1 Å². The lowest BCUT2D eigenvalue weighted by Gasteiger charge is -2.33. The Morgan fingerprint density at radius 1 is 1.47 bits per heavy atom. The van der Waals surface area contributed by atoms with Crippen LogP contribution in [0.4, 0.5) is 0 Å². The van der Waals surface area contributed by atoms with Crippen LogP contribution in [0.25, 0.3) is 0 Å². The highest BCUT2D eigenvalue weighted by atomic mass is 15.2. The van der Waals surface area contributed by atoms with Gasteiger partial charge in [-0.25, -0.2) is 0 Å². The molecule has 0 saturated carbocycles. The van der Waals surface area contributed by atoms with Crippen molar-refractivity contribution in [1.29, 1.82) is 0 Å². The van der Waals surface area contributed by atoms with Crippen LogP contribution >= 0.6 is 0 Å². The molecule has 1 aromatic rings. The molecule has 2 unspecified atom stereocenters. The molecule has 1 N–H and O–H groups in total. The van der Waals surface area contributed by atoms with Crippen LogP contribution in [0.3, 0.4) is 0 Å². The van der Waals surface area contributed by atoms with Crippen LogP contribution in [0.5, 0.6) is 0 Å². The first-order chi connectivity index (χ1) is 8.27. The smallest absolute Gasteiger partial charge is 0.0570 e. The van der Waals surface area contributed by atoms with Crippen molar-refractivity contribution in [3.63, 3.8) is 0 Å². The van der Waals surface area contributed by atoms with Gasteiger partial charge in [0.2, 0.25) is 0 Å². The summed E-state index contributed by atoms with van der Waals surface area (Å²) in [6, 6.07) is 7.13. The number of pyridine rings is 1.